The Balaban J connectivity index is 1.56. The van der Waals surface area contributed by atoms with Crippen LogP contribution in [0.4, 0.5) is 4.79 Å². The molecule has 4 N–H and O–H groups in total. The summed E-state index contributed by atoms with van der Waals surface area (Å²) < 4.78 is 4.49. The number of nitrogens with one attached hydrogen (secondary N) is 2. The molecule has 3 amide bonds. The number of rotatable bonds is 6. The van der Waals surface area contributed by atoms with Crippen LogP contribution in [0.2, 0.25) is 0 Å². The molecule has 0 spiro atoms. The number of nitrogens with two attached hydrogens (primary N) is 1. The van der Waals surface area contributed by atoms with E-state index >= 15 is 0 Å². The number of alkyl carbamates (subject to hydrolysis) is 1. The largest absolute Gasteiger partial charge is 0.453 e. The van der Waals surface area contributed by atoms with Gasteiger partial charge in [0.25, 0.3) is 0 Å². The zero-order valence-electron chi connectivity index (χ0n) is 17.9. The number of aromatic nitrogens is 2. The van der Waals surface area contributed by atoms with Crippen LogP contribution in [-0.4, -0.2) is 76.8 Å². The quantitative estimate of drug-likeness (QED) is 0.250. The molecule has 11 nitrogen and oxygen atoms in total. The van der Waals surface area contributed by atoms with Crippen molar-refractivity contribution in [3.05, 3.63) is 30.0 Å². The Morgan fingerprint density at radius 1 is 1.41 bits per heavy atom. The highest BCUT2D eigenvalue weighted by Gasteiger charge is 2.32. The molecule has 1 aromatic heterocycles. The number of methoxy groups -OCH3 is 1. The van der Waals surface area contributed by atoms with Gasteiger partial charge in [0.05, 0.1) is 25.4 Å². The number of carbonyl (C=O) groups is 3. The second kappa shape index (κ2) is 11.0. The Kier molecular flexibility index (Phi) is 7.85. The number of aliphatic imine (C=N–C) groups is 1. The van der Waals surface area contributed by atoms with E-state index in [9.17, 15) is 14.4 Å². The van der Waals surface area contributed by atoms with Crippen molar-refractivity contribution in [2.75, 3.05) is 26.7 Å². The predicted octanol–water partition coefficient (Wildman–Crippen LogP) is 0.272. The number of H-pyrrole nitrogens is 1. The standard InChI is InChI=1S/C21H27N7O4/c1-32-21(31)25-13-18(30)28-11-5-8-17(28)20-24-12-15(26-20)6-2-3-9-23-19(22)16-7-4-10-27(16)14-29/h3,9,12,14,16-17H,4-5,7-8,10-11,13H2,1H3,(H2,22,23)(H,24,26)(H,25,31)/b9-3+/t16-,17-/m0/s1. The predicted molar refractivity (Wildman–Crippen MR) is 116 cm³/mol. The van der Waals surface area contributed by atoms with Gasteiger partial charge in [-0.1, -0.05) is 5.92 Å². The van der Waals surface area contributed by atoms with E-state index in [-0.39, 0.29) is 24.5 Å². The maximum atomic E-state index is 12.4. The van der Waals surface area contributed by atoms with Gasteiger partial charge in [0, 0.05) is 25.4 Å². The lowest BCUT2D eigenvalue weighted by atomic mass is 10.2. The summed E-state index contributed by atoms with van der Waals surface area (Å²) in [6, 6.07) is -0.343. The summed E-state index contributed by atoms with van der Waals surface area (Å²) in [6.45, 7) is 1.16. The number of amidine groups is 1. The lowest BCUT2D eigenvalue weighted by Crippen LogP contribution is -2.40. The van der Waals surface area contributed by atoms with E-state index in [1.165, 1.54) is 13.3 Å². The van der Waals surface area contributed by atoms with Gasteiger partial charge in [-0.05, 0) is 31.6 Å². The third-order valence-electron chi connectivity index (χ3n) is 5.41. The molecule has 1 aromatic rings. The van der Waals surface area contributed by atoms with Crippen molar-refractivity contribution in [1.82, 2.24) is 25.1 Å². The van der Waals surface area contributed by atoms with Crippen LogP contribution in [0.15, 0.2) is 23.5 Å². The number of allylic oxidation sites excluding steroid dienone is 1. The fourth-order valence-electron chi connectivity index (χ4n) is 3.84. The monoisotopic (exact) mass is 441 g/mol. The van der Waals surface area contributed by atoms with Crippen LogP contribution in [0.1, 0.15) is 43.2 Å². The first kappa shape index (κ1) is 22.9. The van der Waals surface area contributed by atoms with Gasteiger partial charge in [0.15, 0.2) is 0 Å². The molecule has 0 aliphatic carbocycles. The topological polar surface area (TPSA) is 146 Å². The minimum absolute atomic E-state index is 0.129. The maximum Gasteiger partial charge on any atom is 0.407 e. The summed E-state index contributed by atoms with van der Waals surface area (Å²) in [5, 5.41) is 2.41. The van der Waals surface area contributed by atoms with Crippen molar-refractivity contribution in [2.24, 2.45) is 10.7 Å². The molecule has 2 atom stereocenters. The van der Waals surface area contributed by atoms with Gasteiger partial charge in [-0.2, -0.15) is 0 Å². The average Bonchev–Trinajstić information content (AvgIpc) is 3.56. The lowest BCUT2D eigenvalue weighted by Gasteiger charge is -2.23. The number of imidazole rings is 1. The highest BCUT2D eigenvalue weighted by Crippen LogP contribution is 2.29. The number of aromatic amines is 1. The van der Waals surface area contributed by atoms with E-state index in [2.05, 4.69) is 36.9 Å². The van der Waals surface area contributed by atoms with Crippen molar-refractivity contribution in [2.45, 2.75) is 37.8 Å². The molecule has 170 valence electrons. The van der Waals surface area contributed by atoms with Gasteiger partial charge < -0.3 is 30.6 Å². The van der Waals surface area contributed by atoms with E-state index in [1.54, 1.807) is 22.1 Å². The van der Waals surface area contributed by atoms with Crippen LogP contribution in [0.3, 0.4) is 0 Å². The second-order valence-electron chi connectivity index (χ2n) is 7.41. The number of nitrogens with zero attached hydrogens (tertiary/aromatic N) is 4. The van der Waals surface area contributed by atoms with Gasteiger partial charge in [0.2, 0.25) is 12.3 Å². The second-order valence-corrected chi connectivity index (χ2v) is 7.41. The molecule has 0 radical (unpaired) electrons. The molecular formula is C21H27N7O4. The number of hydrogen-bond donors (Lipinski definition) is 3. The molecule has 2 aliphatic rings. The Morgan fingerprint density at radius 3 is 3.00 bits per heavy atom. The van der Waals surface area contributed by atoms with Gasteiger partial charge in [-0.25, -0.2) is 14.8 Å². The lowest BCUT2D eigenvalue weighted by molar-refractivity contribution is -0.131. The van der Waals surface area contributed by atoms with E-state index in [4.69, 9.17) is 5.73 Å². The molecule has 0 unspecified atom stereocenters. The normalized spacial score (nSPS) is 20.8. The fourth-order valence-corrected chi connectivity index (χ4v) is 3.84. The van der Waals surface area contributed by atoms with Crippen LogP contribution < -0.4 is 11.1 Å². The first-order valence-electron chi connectivity index (χ1n) is 10.4. The van der Waals surface area contributed by atoms with E-state index in [1.807, 2.05) is 0 Å². The number of ether oxygens (including phenoxy) is 1. The first-order chi connectivity index (χ1) is 15.5. The number of likely N-dealkylation sites (tertiary alicyclic amines) is 2. The highest BCUT2D eigenvalue weighted by atomic mass is 16.5. The minimum Gasteiger partial charge on any atom is -0.453 e. The third kappa shape index (κ3) is 5.66. The minimum atomic E-state index is -0.645. The van der Waals surface area contributed by atoms with Crippen LogP contribution in [0.5, 0.6) is 0 Å². The average molecular weight is 441 g/mol. The maximum absolute atomic E-state index is 12.4. The number of carbonyl (C=O) groups excluding carboxylic acids is 3. The van der Waals surface area contributed by atoms with Gasteiger partial charge >= 0.3 is 6.09 Å². The van der Waals surface area contributed by atoms with Gasteiger partial charge in [0.1, 0.15) is 23.9 Å². The fraction of sp³-hybridized carbons (Fsp3) is 0.476. The smallest absolute Gasteiger partial charge is 0.407 e. The zero-order chi connectivity index (χ0) is 22.9. The van der Waals surface area contributed by atoms with Gasteiger partial charge in [-0.15, -0.1) is 0 Å². The van der Waals surface area contributed by atoms with Gasteiger partial charge in [-0.3, -0.25) is 9.59 Å². The molecule has 0 aromatic carbocycles. The summed E-state index contributed by atoms with van der Waals surface area (Å²) in [6.07, 6.45) is 8.19. The van der Waals surface area contributed by atoms with Crippen molar-refractivity contribution in [1.29, 1.82) is 0 Å². The SMILES string of the molecule is COC(=O)NCC(=O)N1CCC[C@H]1c1ncc(C#C/C=C/N=C(\N)[C@@H]2CCCN2C=O)[nH]1. The van der Waals surface area contributed by atoms with Crippen LogP contribution in [-0.2, 0) is 14.3 Å². The van der Waals surface area contributed by atoms with Crippen LogP contribution in [0, 0.1) is 11.8 Å². The van der Waals surface area contributed by atoms with Crippen molar-refractivity contribution >= 4 is 24.2 Å². The van der Waals surface area contributed by atoms with Crippen LogP contribution >= 0.6 is 0 Å². The summed E-state index contributed by atoms with van der Waals surface area (Å²) in [5.74, 6) is 6.64. The number of amides is 3. The first-order valence-corrected chi connectivity index (χ1v) is 10.4. The molecule has 32 heavy (non-hydrogen) atoms. The Labute approximate surface area is 186 Å². The van der Waals surface area contributed by atoms with Crippen molar-refractivity contribution in [3.8, 4) is 11.8 Å². The number of hydrogen-bond acceptors (Lipinski definition) is 6. The molecule has 0 bridgehead atoms. The Morgan fingerprint density at radius 2 is 2.22 bits per heavy atom. The summed E-state index contributed by atoms with van der Waals surface area (Å²) in [4.78, 5) is 49.6. The summed E-state index contributed by atoms with van der Waals surface area (Å²) in [5.41, 5.74) is 6.57. The van der Waals surface area contributed by atoms with E-state index in [0.29, 0.717) is 30.4 Å². The van der Waals surface area contributed by atoms with Crippen molar-refractivity contribution < 1.29 is 19.1 Å². The highest BCUT2D eigenvalue weighted by molar-refractivity contribution is 5.88. The molecule has 2 saturated heterocycles. The van der Waals surface area contributed by atoms with Crippen molar-refractivity contribution in [3.63, 3.8) is 0 Å². The molecule has 0 saturated carbocycles. The summed E-state index contributed by atoms with van der Waals surface area (Å²) in [7, 11) is 1.25. The Hall–Kier alpha value is -3.81. The molecule has 2 aliphatic heterocycles. The molecule has 11 heteroatoms. The zero-order valence-corrected chi connectivity index (χ0v) is 17.9. The molecule has 3 rings (SSSR count). The summed E-state index contributed by atoms with van der Waals surface area (Å²) >= 11 is 0. The third-order valence-corrected chi connectivity index (χ3v) is 5.41. The Bertz CT molecular complexity index is 959. The van der Waals surface area contributed by atoms with E-state index < -0.39 is 6.09 Å². The van der Waals surface area contributed by atoms with Crippen LogP contribution in [0.25, 0.3) is 0 Å². The molecular weight excluding hydrogens is 414 g/mol. The molecule has 3 heterocycles. The van der Waals surface area contributed by atoms with E-state index in [0.717, 1.165) is 32.1 Å². The molecule has 2 fully saturated rings.